The van der Waals surface area contributed by atoms with E-state index in [-0.39, 0.29) is 56.4 Å². The molecule has 3 rings (SSSR count). The van der Waals surface area contributed by atoms with Crippen LogP contribution in [0.25, 0.3) is 10.9 Å². The summed E-state index contributed by atoms with van der Waals surface area (Å²) in [6.45, 7) is 8.15. The second-order valence-corrected chi connectivity index (χ2v) is 19.3. The molecule has 0 saturated heterocycles. The number of unbranched alkanes of at least 4 members (excludes halogenated alkanes) is 1. The topological polar surface area (TPSA) is 336 Å². The molecule has 0 saturated carbocycles. The number of hydrogen-bond acceptors (Lipinski definition) is 11. The van der Waals surface area contributed by atoms with Gasteiger partial charge in [0.2, 0.25) is 41.4 Å². The van der Waals surface area contributed by atoms with Crippen molar-refractivity contribution in [1.82, 2.24) is 42.2 Å². The van der Waals surface area contributed by atoms with Crippen molar-refractivity contribution >= 4 is 70.0 Å². The fourth-order valence-electron chi connectivity index (χ4n) is 8.00. The number of guanidine groups is 1. The standard InChI is InChI=1S/C50H79N13O7S/c1-7-31(4)42(43(52)64)63-49(70)40(27-32-16-9-8-10-17-32)61-46(67)38(22-25-71-6)60-48(69)41(28-33-29-57-35-19-12-11-18-34(33)35)62-45(66)36(20-13-14-23-51)58-44(65)37(21-15-24-56-50(53)54)59-47(68)39(55-5)26-30(2)3/h8-12,16-19,29-31,36-42,55,57H,7,13-15,20-28,51H2,1-6H3,(H2,52,64)(H,58,65)(H,59,68)(H,60,69)(H,61,67)(H,62,66)(H,63,70)(H4,53,54,56)/t31-,36-,37-,38-,39-,40-,41-,42-/m0/s1. The first-order valence-corrected chi connectivity index (χ1v) is 25.9. The van der Waals surface area contributed by atoms with Gasteiger partial charge in [0.05, 0.1) is 6.04 Å². The molecule has 21 heteroatoms. The Hall–Kier alpha value is -6.19. The minimum absolute atomic E-state index is 0.0180. The first-order valence-electron chi connectivity index (χ1n) is 24.5. The number of likely N-dealkylation sites (N-methyl/N-ethyl adjacent to an activating group) is 1. The number of hydrogen-bond donors (Lipinski definition) is 12. The molecule has 16 N–H and O–H groups in total. The van der Waals surface area contributed by atoms with E-state index in [1.54, 1.807) is 32.3 Å². The van der Waals surface area contributed by atoms with E-state index in [1.807, 2.05) is 69.5 Å². The lowest BCUT2D eigenvalue weighted by Crippen LogP contribution is -2.60. The number of nitrogens with one attached hydrogen (secondary N) is 8. The van der Waals surface area contributed by atoms with Crippen LogP contribution < -0.4 is 60.2 Å². The first kappa shape index (κ1) is 59.1. The lowest BCUT2D eigenvalue weighted by atomic mass is 9.97. The number of thioether (sulfide) groups is 1. The van der Waals surface area contributed by atoms with Gasteiger partial charge in [-0.25, -0.2) is 0 Å². The Bertz CT molecular complexity index is 2200. The summed E-state index contributed by atoms with van der Waals surface area (Å²) in [6.07, 6.45) is 6.47. The van der Waals surface area contributed by atoms with Gasteiger partial charge in [-0.3, -0.25) is 38.6 Å². The number of benzene rings is 2. The van der Waals surface area contributed by atoms with E-state index >= 15 is 0 Å². The number of aromatic nitrogens is 1. The Morgan fingerprint density at radius 1 is 0.648 bits per heavy atom. The summed E-state index contributed by atoms with van der Waals surface area (Å²) >= 11 is 1.45. The number of fused-ring (bicyclic) bond motifs is 1. The maximum atomic E-state index is 14.7. The molecule has 3 aromatic rings. The molecule has 0 spiro atoms. The second-order valence-electron chi connectivity index (χ2n) is 18.3. The largest absolute Gasteiger partial charge is 0.370 e. The van der Waals surface area contributed by atoms with Gasteiger partial charge in [-0.1, -0.05) is 82.6 Å². The summed E-state index contributed by atoms with van der Waals surface area (Å²) in [5, 5.41) is 20.9. The molecule has 0 aliphatic rings. The number of amides is 7. The molecule has 71 heavy (non-hydrogen) atoms. The predicted molar refractivity (Wildman–Crippen MR) is 281 cm³/mol. The molecule has 0 radical (unpaired) electrons. The first-order chi connectivity index (χ1) is 33.9. The van der Waals surface area contributed by atoms with Gasteiger partial charge in [-0.2, -0.15) is 11.8 Å². The van der Waals surface area contributed by atoms with Crippen molar-refractivity contribution < 1.29 is 33.6 Å². The zero-order chi connectivity index (χ0) is 52.5. The van der Waals surface area contributed by atoms with Gasteiger partial charge in [0.15, 0.2) is 5.96 Å². The van der Waals surface area contributed by atoms with E-state index in [4.69, 9.17) is 22.9 Å². The summed E-state index contributed by atoms with van der Waals surface area (Å²) < 4.78 is 0. The van der Waals surface area contributed by atoms with Gasteiger partial charge in [0.25, 0.3) is 0 Å². The summed E-state index contributed by atoms with van der Waals surface area (Å²) in [6, 6.07) is 9.07. The Balaban J connectivity index is 2.00. The lowest BCUT2D eigenvalue weighted by molar-refractivity contribution is -0.135. The fourth-order valence-corrected chi connectivity index (χ4v) is 8.47. The van der Waals surface area contributed by atoms with E-state index in [2.05, 4.69) is 47.2 Å². The van der Waals surface area contributed by atoms with Crippen molar-refractivity contribution in [3.8, 4) is 0 Å². The van der Waals surface area contributed by atoms with Gasteiger partial charge < -0.3 is 65.1 Å². The number of carbonyl (C=O) groups is 7. The van der Waals surface area contributed by atoms with Crippen molar-refractivity contribution in [3.63, 3.8) is 0 Å². The average Bonchev–Trinajstić information content (AvgIpc) is 3.75. The molecule has 7 amide bonds. The monoisotopic (exact) mass is 1010 g/mol. The summed E-state index contributed by atoms with van der Waals surface area (Å²) in [5.41, 5.74) is 24.8. The molecular formula is C50H79N13O7S. The minimum Gasteiger partial charge on any atom is -0.370 e. The van der Waals surface area contributed by atoms with Gasteiger partial charge in [-0.05, 0) is 99.6 Å². The molecule has 2 aromatic carbocycles. The number of nitrogens with zero attached hydrogens (tertiary/aromatic N) is 1. The Kier molecular flexibility index (Phi) is 26.0. The third-order valence-electron chi connectivity index (χ3n) is 12.2. The summed E-state index contributed by atoms with van der Waals surface area (Å²) in [5.74, 6) is -4.17. The predicted octanol–water partition coefficient (Wildman–Crippen LogP) is 0.963. The maximum Gasteiger partial charge on any atom is 0.243 e. The van der Waals surface area contributed by atoms with Gasteiger partial charge >= 0.3 is 0 Å². The zero-order valence-corrected chi connectivity index (χ0v) is 43.0. The van der Waals surface area contributed by atoms with Gasteiger partial charge in [0.1, 0.15) is 36.3 Å². The van der Waals surface area contributed by atoms with Crippen molar-refractivity contribution in [2.24, 2.45) is 39.8 Å². The van der Waals surface area contributed by atoms with Crippen LogP contribution in [-0.2, 0) is 46.4 Å². The Labute approximate surface area is 422 Å². The van der Waals surface area contributed by atoms with E-state index in [0.29, 0.717) is 50.0 Å². The molecule has 1 heterocycles. The summed E-state index contributed by atoms with van der Waals surface area (Å²) in [4.78, 5) is 105. The molecule has 8 atom stereocenters. The minimum atomic E-state index is -1.28. The highest BCUT2D eigenvalue weighted by atomic mass is 32.2. The highest BCUT2D eigenvalue weighted by Crippen LogP contribution is 2.20. The molecule has 392 valence electrons. The van der Waals surface area contributed by atoms with E-state index in [9.17, 15) is 33.6 Å². The van der Waals surface area contributed by atoms with Crippen molar-refractivity contribution in [2.75, 3.05) is 32.1 Å². The zero-order valence-electron chi connectivity index (χ0n) is 42.2. The van der Waals surface area contributed by atoms with Crippen molar-refractivity contribution in [1.29, 1.82) is 0 Å². The molecule has 1 aromatic heterocycles. The smallest absolute Gasteiger partial charge is 0.243 e. The molecule has 0 bridgehead atoms. The molecule has 0 aliphatic carbocycles. The fraction of sp³-hybridized carbons (Fsp3) is 0.560. The highest BCUT2D eigenvalue weighted by Gasteiger charge is 2.35. The van der Waals surface area contributed by atoms with Gasteiger partial charge in [0, 0.05) is 36.5 Å². The molecular weight excluding hydrogens is 927 g/mol. The maximum absolute atomic E-state index is 14.7. The van der Waals surface area contributed by atoms with Crippen LogP contribution in [0.4, 0.5) is 0 Å². The van der Waals surface area contributed by atoms with Crippen LogP contribution in [0.3, 0.4) is 0 Å². The number of primary amides is 1. The highest BCUT2D eigenvalue weighted by molar-refractivity contribution is 7.98. The van der Waals surface area contributed by atoms with E-state index in [1.165, 1.54) is 11.8 Å². The van der Waals surface area contributed by atoms with Crippen molar-refractivity contribution in [2.45, 2.75) is 134 Å². The van der Waals surface area contributed by atoms with E-state index in [0.717, 1.165) is 16.5 Å². The normalized spacial score (nSPS) is 14.6. The third kappa shape index (κ3) is 20.2. The third-order valence-corrected chi connectivity index (χ3v) is 12.9. The molecule has 0 aliphatic heterocycles. The number of aliphatic imine (C=N–C) groups is 1. The number of para-hydroxylation sites is 1. The second kappa shape index (κ2) is 31.2. The van der Waals surface area contributed by atoms with E-state index < -0.39 is 83.6 Å². The summed E-state index contributed by atoms with van der Waals surface area (Å²) in [7, 11) is 1.66. The van der Waals surface area contributed by atoms with Crippen LogP contribution in [0, 0.1) is 11.8 Å². The Morgan fingerprint density at radius 3 is 1.72 bits per heavy atom. The SMILES string of the molecule is CC[C@H](C)[C@H](NC(=O)[C@H](Cc1ccccc1)NC(=O)[C@H](CCSC)NC(=O)[C@H](Cc1c[nH]c2ccccc12)NC(=O)[C@H](CCCCN)NC(=O)[C@H](CCCN=C(N)N)NC(=O)[C@H](CC(C)C)NC)C(N)=O. The molecule has 20 nitrogen and oxygen atoms in total. The quantitative estimate of drug-likeness (QED) is 0.0231. The number of rotatable bonds is 33. The van der Waals surface area contributed by atoms with Crippen LogP contribution in [0.5, 0.6) is 0 Å². The Morgan fingerprint density at radius 2 is 1.17 bits per heavy atom. The van der Waals surface area contributed by atoms with Gasteiger partial charge in [-0.15, -0.1) is 0 Å². The lowest BCUT2D eigenvalue weighted by Gasteiger charge is -2.28. The number of aromatic amines is 1. The van der Waals surface area contributed by atoms with Crippen LogP contribution in [0.1, 0.15) is 90.2 Å². The van der Waals surface area contributed by atoms with Crippen molar-refractivity contribution in [3.05, 3.63) is 71.9 Å². The molecule has 0 fully saturated rings. The number of nitrogens with two attached hydrogens (primary N) is 4. The van der Waals surface area contributed by atoms with Crippen LogP contribution in [0.15, 0.2) is 65.8 Å². The number of H-pyrrole nitrogens is 1. The molecule has 0 unspecified atom stereocenters. The average molecular weight is 1010 g/mol. The van der Waals surface area contributed by atoms with Crippen LogP contribution in [0.2, 0.25) is 0 Å². The van der Waals surface area contributed by atoms with Crippen LogP contribution in [-0.4, -0.2) is 127 Å². The van der Waals surface area contributed by atoms with Crippen LogP contribution >= 0.6 is 11.8 Å². The number of carbonyl (C=O) groups excluding carboxylic acids is 7.